The van der Waals surface area contributed by atoms with Crippen LogP contribution in [0.4, 0.5) is 0 Å². The van der Waals surface area contributed by atoms with E-state index >= 15 is 0 Å². The molecule has 1 aliphatic rings. The first kappa shape index (κ1) is 15.9. The molecule has 0 aromatic heterocycles. The highest BCUT2D eigenvalue weighted by molar-refractivity contribution is 4.68. The van der Waals surface area contributed by atoms with Gasteiger partial charge in [-0.3, -0.25) is 4.90 Å². The van der Waals surface area contributed by atoms with Gasteiger partial charge in [0.25, 0.3) is 0 Å². The van der Waals surface area contributed by atoms with Gasteiger partial charge >= 0.3 is 0 Å². The fourth-order valence-electron chi connectivity index (χ4n) is 2.19. The van der Waals surface area contributed by atoms with E-state index in [1.54, 1.807) is 0 Å². The van der Waals surface area contributed by atoms with E-state index in [2.05, 4.69) is 41.0 Å². The largest absolute Gasteiger partial charge is 0.315 e. The van der Waals surface area contributed by atoms with Gasteiger partial charge in [0.15, 0.2) is 0 Å². The minimum atomic E-state index is 1.13. The molecule has 0 aliphatic carbocycles. The third kappa shape index (κ3) is 7.31. The van der Waals surface area contributed by atoms with E-state index in [1.807, 2.05) is 0 Å². The maximum atomic E-state index is 3.54. The lowest BCUT2D eigenvalue weighted by Gasteiger charge is -2.24. The monoisotopic (exact) mass is 256 g/mol. The van der Waals surface area contributed by atoms with Crippen molar-refractivity contribution in [2.45, 2.75) is 19.8 Å². The third-order valence-electron chi connectivity index (χ3n) is 3.77. The number of hydrogen-bond acceptors (Lipinski definition) is 4. The fourth-order valence-corrected chi connectivity index (χ4v) is 2.19. The van der Waals surface area contributed by atoms with Crippen LogP contribution in [0, 0.1) is 0 Å². The Bertz CT molecular complexity index is 184. The summed E-state index contributed by atoms with van der Waals surface area (Å²) in [5.74, 6) is 0. The predicted molar refractivity (Wildman–Crippen MR) is 79.2 cm³/mol. The summed E-state index contributed by atoms with van der Waals surface area (Å²) in [6, 6.07) is 0. The van der Waals surface area contributed by atoms with E-state index in [9.17, 15) is 0 Å². The van der Waals surface area contributed by atoms with Gasteiger partial charge in [-0.2, -0.15) is 0 Å². The highest BCUT2D eigenvalue weighted by Crippen LogP contribution is 1.96. The van der Waals surface area contributed by atoms with E-state index < -0.39 is 0 Å². The van der Waals surface area contributed by atoms with Crippen LogP contribution in [0.2, 0.25) is 0 Å². The molecule has 0 radical (unpaired) electrons. The van der Waals surface area contributed by atoms with E-state index in [1.165, 1.54) is 65.2 Å². The van der Waals surface area contributed by atoms with Crippen molar-refractivity contribution < 1.29 is 0 Å². The Labute approximate surface area is 113 Å². The van der Waals surface area contributed by atoms with Gasteiger partial charge in [-0.05, 0) is 27.1 Å². The van der Waals surface area contributed by atoms with Crippen LogP contribution < -0.4 is 5.32 Å². The number of rotatable bonds is 6. The van der Waals surface area contributed by atoms with E-state index in [4.69, 9.17) is 0 Å². The lowest BCUT2D eigenvalue weighted by Crippen LogP contribution is -2.39. The SMILES string of the molecule is CCCCNCCN1CCN(C)CCN(C)CC1. The van der Waals surface area contributed by atoms with Crippen LogP contribution in [0.1, 0.15) is 19.8 Å². The standard InChI is InChI=1S/C14H32N4/c1-4-5-6-15-7-8-18-13-11-16(2)9-10-17(3)12-14-18/h15H,4-14H2,1-3H3. The number of hydrogen-bond donors (Lipinski definition) is 1. The Hall–Kier alpha value is -0.160. The van der Waals surface area contributed by atoms with Crippen molar-refractivity contribution in [2.24, 2.45) is 0 Å². The number of nitrogens with zero attached hydrogens (tertiary/aromatic N) is 3. The summed E-state index contributed by atoms with van der Waals surface area (Å²) in [5.41, 5.74) is 0. The van der Waals surface area contributed by atoms with Crippen LogP contribution in [0.5, 0.6) is 0 Å². The molecule has 0 atom stereocenters. The van der Waals surface area contributed by atoms with Crippen LogP contribution in [0.3, 0.4) is 0 Å². The van der Waals surface area contributed by atoms with Crippen molar-refractivity contribution in [1.82, 2.24) is 20.0 Å². The lowest BCUT2D eigenvalue weighted by atomic mass is 10.3. The van der Waals surface area contributed by atoms with E-state index in [0.717, 1.165) is 6.54 Å². The van der Waals surface area contributed by atoms with Gasteiger partial charge in [-0.15, -0.1) is 0 Å². The average molecular weight is 256 g/mol. The first-order chi connectivity index (χ1) is 8.72. The minimum Gasteiger partial charge on any atom is -0.315 e. The fraction of sp³-hybridized carbons (Fsp3) is 1.00. The lowest BCUT2D eigenvalue weighted by molar-refractivity contribution is 0.235. The van der Waals surface area contributed by atoms with Crippen molar-refractivity contribution >= 4 is 0 Å². The molecule has 1 fully saturated rings. The van der Waals surface area contributed by atoms with Crippen LogP contribution in [-0.2, 0) is 0 Å². The van der Waals surface area contributed by atoms with Crippen LogP contribution >= 0.6 is 0 Å². The molecule has 0 spiro atoms. The van der Waals surface area contributed by atoms with Gasteiger partial charge in [0, 0.05) is 52.4 Å². The molecule has 4 nitrogen and oxygen atoms in total. The van der Waals surface area contributed by atoms with Gasteiger partial charge in [0.2, 0.25) is 0 Å². The number of likely N-dealkylation sites (N-methyl/N-ethyl adjacent to an activating group) is 2. The van der Waals surface area contributed by atoms with Crippen LogP contribution in [0.25, 0.3) is 0 Å². The highest BCUT2D eigenvalue weighted by atomic mass is 15.2. The van der Waals surface area contributed by atoms with Gasteiger partial charge in [0.1, 0.15) is 0 Å². The van der Waals surface area contributed by atoms with Crippen molar-refractivity contribution in [1.29, 1.82) is 0 Å². The van der Waals surface area contributed by atoms with Gasteiger partial charge in [0.05, 0.1) is 0 Å². The molecule has 1 heterocycles. The van der Waals surface area contributed by atoms with Gasteiger partial charge < -0.3 is 15.1 Å². The predicted octanol–water partition coefficient (Wildman–Crippen LogP) is 0.555. The summed E-state index contributed by atoms with van der Waals surface area (Å²) in [5, 5.41) is 3.54. The summed E-state index contributed by atoms with van der Waals surface area (Å²) in [7, 11) is 4.47. The summed E-state index contributed by atoms with van der Waals surface area (Å²) in [4.78, 5) is 7.48. The van der Waals surface area contributed by atoms with E-state index in [0.29, 0.717) is 0 Å². The molecule has 1 N–H and O–H groups in total. The Morgan fingerprint density at radius 1 is 0.833 bits per heavy atom. The Balaban J connectivity index is 2.20. The second kappa shape index (κ2) is 9.73. The number of nitrogens with one attached hydrogen (secondary N) is 1. The molecule has 0 aromatic carbocycles. The number of unbranched alkanes of at least 4 members (excludes halogenated alkanes) is 1. The minimum absolute atomic E-state index is 1.13. The van der Waals surface area contributed by atoms with Crippen molar-refractivity contribution in [3.8, 4) is 0 Å². The second-order valence-electron chi connectivity index (χ2n) is 5.55. The van der Waals surface area contributed by atoms with Crippen molar-refractivity contribution in [2.75, 3.05) is 73.0 Å². The molecule has 0 saturated carbocycles. The maximum absolute atomic E-state index is 3.54. The molecule has 4 heteroatoms. The quantitative estimate of drug-likeness (QED) is 0.701. The maximum Gasteiger partial charge on any atom is 0.0110 e. The smallest absolute Gasteiger partial charge is 0.0110 e. The van der Waals surface area contributed by atoms with Crippen molar-refractivity contribution in [3.05, 3.63) is 0 Å². The van der Waals surface area contributed by atoms with Gasteiger partial charge in [-0.1, -0.05) is 13.3 Å². The Morgan fingerprint density at radius 3 is 1.94 bits per heavy atom. The molecule has 1 aliphatic heterocycles. The average Bonchev–Trinajstić information content (AvgIpc) is 2.44. The summed E-state index contributed by atoms with van der Waals surface area (Å²) in [6.07, 6.45) is 2.58. The van der Waals surface area contributed by atoms with Crippen LogP contribution in [0.15, 0.2) is 0 Å². The Morgan fingerprint density at radius 2 is 1.39 bits per heavy atom. The summed E-state index contributed by atoms with van der Waals surface area (Å²) >= 11 is 0. The molecule has 0 amide bonds. The summed E-state index contributed by atoms with van der Waals surface area (Å²) in [6.45, 7) is 12.9. The molecular formula is C14H32N4. The molecule has 0 bridgehead atoms. The molecule has 0 unspecified atom stereocenters. The highest BCUT2D eigenvalue weighted by Gasteiger charge is 2.11. The molecular weight excluding hydrogens is 224 g/mol. The molecule has 108 valence electrons. The Kier molecular flexibility index (Phi) is 8.59. The third-order valence-corrected chi connectivity index (χ3v) is 3.77. The summed E-state index contributed by atoms with van der Waals surface area (Å²) < 4.78 is 0. The topological polar surface area (TPSA) is 21.8 Å². The van der Waals surface area contributed by atoms with E-state index in [-0.39, 0.29) is 0 Å². The molecule has 1 rings (SSSR count). The first-order valence-electron chi connectivity index (χ1n) is 7.52. The molecule has 1 saturated heterocycles. The zero-order valence-corrected chi connectivity index (χ0v) is 12.6. The zero-order chi connectivity index (χ0) is 13.2. The molecule has 0 aromatic rings. The molecule has 18 heavy (non-hydrogen) atoms. The van der Waals surface area contributed by atoms with Gasteiger partial charge in [-0.25, -0.2) is 0 Å². The zero-order valence-electron chi connectivity index (χ0n) is 12.6. The second-order valence-corrected chi connectivity index (χ2v) is 5.55. The van der Waals surface area contributed by atoms with Crippen molar-refractivity contribution in [3.63, 3.8) is 0 Å². The van der Waals surface area contributed by atoms with Crippen LogP contribution in [-0.4, -0.2) is 87.7 Å². The first-order valence-corrected chi connectivity index (χ1v) is 7.52. The normalized spacial score (nSPS) is 21.5.